The number of hydrogen-bond acceptors (Lipinski definition) is 4. The van der Waals surface area contributed by atoms with Crippen LogP contribution in [-0.2, 0) is 4.79 Å². The Bertz CT molecular complexity index is 898. The fourth-order valence-electron chi connectivity index (χ4n) is 3.78. The Kier molecular flexibility index (Phi) is 4.12. The molecule has 0 spiro atoms. The van der Waals surface area contributed by atoms with E-state index in [0.29, 0.717) is 22.4 Å². The molecule has 2 N–H and O–H groups in total. The number of halogens is 3. The van der Waals surface area contributed by atoms with Crippen molar-refractivity contribution < 1.29 is 18.0 Å². The second-order valence-corrected chi connectivity index (χ2v) is 7.25. The van der Waals surface area contributed by atoms with E-state index in [4.69, 9.17) is 0 Å². The van der Waals surface area contributed by atoms with Crippen LogP contribution in [0.25, 0.3) is 11.0 Å². The molecule has 4 rings (SSSR count). The summed E-state index contributed by atoms with van der Waals surface area (Å²) in [6.45, 7) is 5.40. The van der Waals surface area contributed by atoms with Gasteiger partial charge in [-0.15, -0.1) is 0 Å². The van der Waals surface area contributed by atoms with Crippen molar-refractivity contribution in [3.63, 3.8) is 0 Å². The predicted octanol–water partition coefficient (Wildman–Crippen LogP) is 3.01. The minimum Gasteiger partial charge on any atom is -0.362 e. The quantitative estimate of drug-likeness (QED) is 0.801. The second-order valence-electron chi connectivity index (χ2n) is 7.25. The van der Waals surface area contributed by atoms with Crippen LogP contribution in [0, 0.1) is 0 Å². The molecule has 0 bridgehead atoms. The minimum atomic E-state index is -2.74. The van der Waals surface area contributed by atoms with Gasteiger partial charge in [0.2, 0.25) is 5.91 Å². The number of carbonyl (C=O) groups is 1. The molecule has 1 saturated heterocycles. The fourth-order valence-corrected chi connectivity index (χ4v) is 3.78. The molecule has 4 atom stereocenters. The molecule has 2 aromatic rings. The highest BCUT2D eigenvalue weighted by Gasteiger charge is 2.58. The molecule has 2 aliphatic rings. The van der Waals surface area contributed by atoms with Crippen LogP contribution in [0.4, 0.5) is 19.0 Å². The predicted molar refractivity (Wildman–Crippen MR) is 94.5 cm³/mol. The molecule has 27 heavy (non-hydrogen) atoms. The SMILES string of the molecule is C=CC(=O)N1C[C@H](Nc2ncnc3[nH]cc([C@@H]4CC4(F)F)c23)[C@@H](F)C[C@@H]1C. The maximum atomic E-state index is 14.6. The summed E-state index contributed by atoms with van der Waals surface area (Å²) < 4.78 is 41.8. The van der Waals surface area contributed by atoms with E-state index in [1.807, 2.05) is 0 Å². The van der Waals surface area contributed by atoms with Crippen LogP contribution < -0.4 is 5.32 Å². The lowest BCUT2D eigenvalue weighted by Gasteiger charge is -2.40. The largest absolute Gasteiger partial charge is 0.362 e. The minimum absolute atomic E-state index is 0.137. The Morgan fingerprint density at radius 2 is 2.22 bits per heavy atom. The van der Waals surface area contributed by atoms with Crippen LogP contribution in [0.3, 0.4) is 0 Å². The van der Waals surface area contributed by atoms with Crippen molar-refractivity contribution in [1.82, 2.24) is 19.9 Å². The number of H-pyrrole nitrogens is 1. The van der Waals surface area contributed by atoms with Gasteiger partial charge in [0.05, 0.1) is 17.3 Å². The van der Waals surface area contributed by atoms with Gasteiger partial charge in [-0.3, -0.25) is 4.79 Å². The summed E-state index contributed by atoms with van der Waals surface area (Å²) in [5, 5.41) is 3.47. The smallest absolute Gasteiger partial charge is 0.256 e. The summed E-state index contributed by atoms with van der Waals surface area (Å²) in [5.41, 5.74) is 0.848. The third-order valence-electron chi connectivity index (χ3n) is 5.41. The van der Waals surface area contributed by atoms with Crippen molar-refractivity contribution in [1.29, 1.82) is 0 Å². The Balaban J connectivity index is 1.64. The summed E-state index contributed by atoms with van der Waals surface area (Å²) in [5.74, 6) is -3.59. The van der Waals surface area contributed by atoms with E-state index in [1.165, 1.54) is 18.6 Å². The van der Waals surface area contributed by atoms with Crippen LogP contribution in [-0.4, -0.2) is 56.5 Å². The van der Waals surface area contributed by atoms with Gasteiger partial charge in [0.25, 0.3) is 5.92 Å². The molecule has 1 aliphatic heterocycles. The molecule has 0 unspecified atom stereocenters. The highest BCUT2D eigenvalue weighted by molar-refractivity contribution is 5.91. The summed E-state index contributed by atoms with van der Waals surface area (Å²) in [4.78, 5) is 24.7. The first-order valence-electron chi connectivity index (χ1n) is 8.85. The average Bonchev–Trinajstić information content (AvgIpc) is 3.06. The Morgan fingerprint density at radius 1 is 1.48 bits per heavy atom. The number of carbonyl (C=O) groups excluding carboxylic acids is 1. The summed E-state index contributed by atoms with van der Waals surface area (Å²) in [6.07, 6.45) is 2.76. The topological polar surface area (TPSA) is 73.9 Å². The van der Waals surface area contributed by atoms with E-state index >= 15 is 0 Å². The van der Waals surface area contributed by atoms with Gasteiger partial charge in [0, 0.05) is 31.6 Å². The Labute approximate surface area is 153 Å². The number of nitrogens with one attached hydrogen (secondary N) is 2. The number of amides is 1. The fraction of sp³-hybridized carbons (Fsp3) is 0.500. The zero-order valence-electron chi connectivity index (χ0n) is 14.8. The van der Waals surface area contributed by atoms with Crippen molar-refractivity contribution in [3.05, 3.63) is 30.7 Å². The van der Waals surface area contributed by atoms with Gasteiger partial charge in [-0.05, 0) is 18.6 Å². The average molecular weight is 379 g/mol. The molecule has 1 aliphatic carbocycles. The van der Waals surface area contributed by atoms with Crippen LogP contribution >= 0.6 is 0 Å². The molecular formula is C18H20F3N5O. The maximum Gasteiger partial charge on any atom is 0.256 e. The zero-order chi connectivity index (χ0) is 19.3. The molecular weight excluding hydrogens is 359 g/mol. The number of anilines is 1. The van der Waals surface area contributed by atoms with Gasteiger partial charge >= 0.3 is 0 Å². The van der Waals surface area contributed by atoms with Crippen LogP contribution in [0.2, 0.25) is 0 Å². The number of likely N-dealkylation sites (tertiary alicyclic amines) is 1. The number of rotatable bonds is 4. The van der Waals surface area contributed by atoms with Gasteiger partial charge in [0.15, 0.2) is 0 Å². The van der Waals surface area contributed by atoms with Crippen molar-refractivity contribution in [2.45, 2.75) is 49.9 Å². The van der Waals surface area contributed by atoms with E-state index < -0.39 is 24.1 Å². The lowest BCUT2D eigenvalue weighted by atomic mass is 9.97. The van der Waals surface area contributed by atoms with Crippen molar-refractivity contribution in [3.8, 4) is 0 Å². The van der Waals surface area contributed by atoms with Crippen molar-refractivity contribution in [2.75, 3.05) is 11.9 Å². The first kappa shape index (κ1) is 17.8. The highest BCUT2D eigenvalue weighted by atomic mass is 19.3. The van der Waals surface area contributed by atoms with E-state index in [1.54, 1.807) is 11.8 Å². The monoisotopic (exact) mass is 379 g/mol. The van der Waals surface area contributed by atoms with Gasteiger partial charge in [0.1, 0.15) is 24.0 Å². The zero-order valence-corrected chi connectivity index (χ0v) is 14.8. The van der Waals surface area contributed by atoms with Gasteiger partial charge < -0.3 is 15.2 Å². The number of hydrogen-bond donors (Lipinski definition) is 2. The van der Waals surface area contributed by atoms with Crippen LogP contribution in [0.5, 0.6) is 0 Å². The molecule has 3 heterocycles. The molecule has 1 amide bonds. The third-order valence-corrected chi connectivity index (χ3v) is 5.41. The number of aromatic amines is 1. The number of fused-ring (bicyclic) bond motifs is 1. The normalized spacial score (nSPS) is 29.6. The summed E-state index contributed by atoms with van der Waals surface area (Å²) in [7, 11) is 0. The van der Waals surface area contributed by atoms with Gasteiger partial charge in [-0.1, -0.05) is 6.58 Å². The number of piperidine rings is 1. The highest BCUT2D eigenvalue weighted by Crippen LogP contribution is 2.57. The number of alkyl halides is 3. The Morgan fingerprint density at radius 3 is 2.89 bits per heavy atom. The van der Waals surface area contributed by atoms with E-state index in [-0.39, 0.29) is 31.3 Å². The van der Waals surface area contributed by atoms with Crippen LogP contribution in [0.15, 0.2) is 25.2 Å². The van der Waals surface area contributed by atoms with Gasteiger partial charge in [-0.25, -0.2) is 23.1 Å². The van der Waals surface area contributed by atoms with E-state index in [0.717, 1.165) is 0 Å². The second kappa shape index (κ2) is 6.24. The lowest BCUT2D eigenvalue weighted by molar-refractivity contribution is -0.130. The summed E-state index contributed by atoms with van der Waals surface area (Å²) >= 11 is 0. The number of nitrogens with zero attached hydrogens (tertiary/aromatic N) is 3. The molecule has 2 aromatic heterocycles. The molecule has 6 nitrogen and oxygen atoms in total. The standard InChI is InChI=1S/C18H20F3N5O/c1-3-14(27)26-7-13(12(19)4-9(26)2)25-17-15-10(11-5-18(11,20)21)6-22-16(15)23-8-24-17/h3,6,8-9,11-13H,1,4-5,7H2,2H3,(H2,22,23,24,25)/t9-,11-,12-,13-/m0/s1. The molecule has 1 saturated carbocycles. The number of aromatic nitrogens is 3. The lowest BCUT2D eigenvalue weighted by Crippen LogP contribution is -2.54. The first-order valence-corrected chi connectivity index (χ1v) is 8.85. The van der Waals surface area contributed by atoms with Crippen LogP contribution in [0.1, 0.15) is 31.2 Å². The van der Waals surface area contributed by atoms with E-state index in [2.05, 4.69) is 26.8 Å². The van der Waals surface area contributed by atoms with Crippen molar-refractivity contribution in [2.24, 2.45) is 0 Å². The van der Waals surface area contributed by atoms with Gasteiger partial charge in [-0.2, -0.15) is 0 Å². The molecule has 2 fully saturated rings. The molecule has 0 aromatic carbocycles. The Hall–Kier alpha value is -2.58. The first-order chi connectivity index (χ1) is 12.8. The summed E-state index contributed by atoms with van der Waals surface area (Å²) in [6, 6.07) is -0.951. The molecule has 9 heteroatoms. The molecule has 144 valence electrons. The van der Waals surface area contributed by atoms with E-state index in [9.17, 15) is 18.0 Å². The van der Waals surface area contributed by atoms with Crippen molar-refractivity contribution >= 4 is 22.8 Å². The maximum absolute atomic E-state index is 14.6. The molecule has 0 radical (unpaired) electrons. The third kappa shape index (κ3) is 3.04.